The van der Waals surface area contributed by atoms with E-state index < -0.39 is 23.8 Å². The fraction of sp³-hybridized carbons (Fsp3) is 0.263. The van der Waals surface area contributed by atoms with E-state index in [4.69, 9.17) is 14.6 Å². The third-order valence-electron chi connectivity index (χ3n) is 3.28. The van der Waals surface area contributed by atoms with E-state index in [1.165, 1.54) is 11.1 Å². The molecule has 24 heavy (non-hydrogen) atoms. The van der Waals surface area contributed by atoms with Crippen LogP contribution in [0, 0.1) is 0 Å². The number of cyclic esters (lactones) is 1. The first kappa shape index (κ1) is 17.7. The highest BCUT2D eigenvalue weighted by molar-refractivity contribution is 5.82. The van der Waals surface area contributed by atoms with Crippen molar-refractivity contribution in [3.63, 3.8) is 0 Å². The monoisotopic (exact) mass is 328 g/mol. The number of hydrogen-bond donors (Lipinski definition) is 1. The van der Waals surface area contributed by atoms with Gasteiger partial charge in [-0.15, -0.1) is 0 Å². The number of hydrogen-bond acceptors (Lipinski definition) is 4. The molecule has 5 heteroatoms. The molecule has 1 saturated heterocycles. The summed E-state index contributed by atoms with van der Waals surface area (Å²) in [6.45, 7) is 3.12. The SMILES string of the molecule is CC1(C)OC(=O)C(CC(=O)O)O1.c1ccc(-c2ccccc2)cc1. The van der Waals surface area contributed by atoms with Gasteiger partial charge in [0.1, 0.15) is 0 Å². The van der Waals surface area contributed by atoms with E-state index in [2.05, 4.69) is 48.5 Å². The van der Waals surface area contributed by atoms with E-state index in [9.17, 15) is 9.59 Å². The molecule has 0 amide bonds. The molecule has 2 aromatic rings. The van der Waals surface area contributed by atoms with E-state index in [0.717, 1.165) is 0 Å². The van der Waals surface area contributed by atoms with Crippen LogP contribution in [-0.2, 0) is 19.1 Å². The minimum atomic E-state index is -1.07. The molecule has 0 saturated carbocycles. The molecule has 1 aliphatic rings. The standard InChI is InChI=1S/C12H10.C7H10O5/c1-3-7-11(8-4-1)12-9-5-2-6-10-12;1-7(2)11-4(3-5(8)9)6(10)12-7/h1-10H;4H,3H2,1-2H3,(H,8,9). The number of ether oxygens (including phenoxy) is 2. The quantitative estimate of drug-likeness (QED) is 0.873. The van der Waals surface area contributed by atoms with Crippen LogP contribution >= 0.6 is 0 Å². The van der Waals surface area contributed by atoms with Crippen molar-refractivity contribution >= 4 is 11.9 Å². The smallest absolute Gasteiger partial charge is 0.338 e. The van der Waals surface area contributed by atoms with Crippen molar-refractivity contribution in [3.05, 3.63) is 60.7 Å². The summed E-state index contributed by atoms with van der Waals surface area (Å²) in [5, 5.41) is 8.37. The molecule has 2 aromatic carbocycles. The zero-order valence-corrected chi connectivity index (χ0v) is 13.6. The summed E-state index contributed by atoms with van der Waals surface area (Å²) in [5.41, 5.74) is 2.55. The molecule has 126 valence electrons. The van der Waals surface area contributed by atoms with E-state index >= 15 is 0 Å². The van der Waals surface area contributed by atoms with Crippen molar-refractivity contribution < 1.29 is 24.2 Å². The molecule has 3 rings (SSSR count). The number of esters is 1. The topological polar surface area (TPSA) is 72.8 Å². The van der Waals surface area contributed by atoms with Gasteiger partial charge in [0.25, 0.3) is 0 Å². The van der Waals surface area contributed by atoms with Crippen molar-refractivity contribution in [1.29, 1.82) is 0 Å². The minimum Gasteiger partial charge on any atom is -0.481 e. The second kappa shape index (κ2) is 7.75. The van der Waals surface area contributed by atoms with Crippen LogP contribution in [0.15, 0.2) is 60.7 Å². The van der Waals surface area contributed by atoms with Gasteiger partial charge in [-0.05, 0) is 11.1 Å². The van der Waals surface area contributed by atoms with Crippen molar-refractivity contribution in [2.24, 2.45) is 0 Å². The molecule has 0 spiro atoms. The summed E-state index contributed by atoms with van der Waals surface area (Å²) >= 11 is 0. The number of carboxylic acids is 1. The molecule has 1 heterocycles. The molecule has 0 bridgehead atoms. The molecular formula is C19H20O5. The fourth-order valence-corrected chi connectivity index (χ4v) is 2.27. The second-order valence-corrected chi connectivity index (χ2v) is 5.76. The van der Waals surface area contributed by atoms with Gasteiger partial charge in [0.15, 0.2) is 6.10 Å². The maximum absolute atomic E-state index is 10.9. The average molecular weight is 328 g/mol. The highest BCUT2D eigenvalue weighted by Gasteiger charge is 2.41. The van der Waals surface area contributed by atoms with E-state index in [1.54, 1.807) is 13.8 Å². The van der Waals surface area contributed by atoms with Gasteiger partial charge >= 0.3 is 11.9 Å². The van der Waals surface area contributed by atoms with Gasteiger partial charge in [0.2, 0.25) is 5.79 Å². The Labute approximate surface area is 140 Å². The van der Waals surface area contributed by atoms with Crippen LogP contribution in [0.2, 0.25) is 0 Å². The Morgan fingerprint density at radius 3 is 1.79 bits per heavy atom. The van der Waals surface area contributed by atoms with E-state index in [1.807, 2.05) is 12.1 Å². The Hall–Kier alpha value is -2.66. The zero-order chi connectivity index (χ0) is 17.6. The van der Waals surface area contributed by atoms with Gasteiger partial charge in [-0.1, -0.05) is 60.7 Å². The molecule has 1 atom stereocenters. The van der Waals surface area contributed by atoms with Crippen molar-refractivity contribution in [2.75, 3.05) is 0 Å². The summed E-state index contributed by atoms with van der Waals surface area (Å²) in [6.07, 6.45) is -1.31. The largest absolute Gasteiger partial charge is 0.481 e. The first-order valence-electron chi connectivity index (χ1n) is 7.60. The average Bonchev–Trinajstić information content (AvgIpc) is 2.81. The minimum absolute atomic E-state index is 0.345. The third-order valence-corrected chi connectivity index (χ3v) is 3.28. The molecule has 5 nitrogen and oxygen atoms in total. The first-order chi connectivity index (χ1) is 11.4. The van der Waals surface area contributed by atoms with Gasteiger partial charge < -0.3 is 14.6 Å². The Morgan fingerprint density at radius 1 is 1.00 bits per heavy atom. The third kappa shape index (κ3) is 5.21. The summed E-state index contributed by atoms with van der Waals surface area (Å²) in [6, 6.07) is 20.8. The number of benzene rings is 2. The highest BCUT2D eigenvalue weighted by Crippen LogP contribution is 2.25. The molecule has 1 aliphatic heterocycles. The lowest BCUT2D eigenvalue weighted by Gasteiger charge is -2.14. The number of carboxylic acid groups (broad SMARTS) is 1. The van der Waals surface area contributed by atoms with Gasteiger partial charge in [-0.3, -0.25) is 4.79 Å². The molecule has 0 radical (unpaired) electrons. The first-order valence-corrected chi connectivity index (χ1v) is 7.60. The van der Waals surface area contributed by atoms with E-state index in [0.29, 0.717) is 0 Å². The lowest BCUT2D eigenvalue weighted by atomic mass is 10.1. The van der Waals surface area contributed by atoms with Crippen LogP contribution in [0.5, 0.6) is 0 Å². The zero-order valence-electron chi connectivity index (χ0n) is 13.6. The number of carbonyl (C=O) groups is 2. The number of rotatable bonds is 3. The maximum atomic E-state index is 10.9. The summed E-state index contributed by atoms with van der Waals surface area (Å²) < 4.78 is 9.76. The number of carbonyl (C=O) groups excluding carboxylic acids is 1. The Balaban J connectivity index is 0.000000174. The predicted molar refractivity (Wildman–Crippen MR) is 89.2 cm³/mol. The summed E-state index contributed by atoms with van der Waals surface area (Å²) in [7, 11) is 0. The van der Waals surface area contributed by atoms with Crippen LogP contribution < -0.4 is 0 Å². The molecular weight excluding hydrogens is 308 g/mol. The number of aliphatic carboxylic acids is 1. The van der Waals surface area contributed by atoms with Gasteiger partial charge in [0, 0.05) is 13.8 Å². The van der Waals surface area contributed by atoms with Crippen LogP contribution in [0.4, 0.5) is 0 Å². The molecule has 1 N–H and O–H groups in total. The Morgan fingerprint density at radius 2 is 1.46 bits per heavy atom. The summed E-state index contributed by atoms with van der Waals surface area (Å²) in [4.78, 5) is 21.1. The second-order valence-electron chi connectivity index (χ2n) is 5.76. The fourth-order valence-electron chi connectivity index (χ4n) is 2.27. The molecule has 1 unspecified atom stereocenters. The highest BCUT2D eigenvalue weighted by atomic mass is 16.8. The van der Waals surface area contributed by atoms with Crippen LogP contribution in [0.25, 0.3) is 11.1 Å². The maximum Gasteiger partial charge on any atom is 0.338 e. The Kier molecular flexibility index (Phi) is 5.71. The summed E-state index contributed by atoms with van der Waals surface area (Å²) in [5.74, 6) is -2.67. The van der Waals surface area contributed by atoms with Crippen LogP contribution in [0.1, 0.15) is 20.3 Å². The lowest BCUT2D eigenvalue weighted by Crippen LogP contribution is -2.23. The lowest BCUT2D eigenvalue weighted by molar-refractivity contribution is -0.161. The van der Waals surface area contributed by atoms with Crippen molar-refractivity contribution in [1.82, 2.24) is 0 Å². The Bertz CT molecular complexity index is 642. The van der Waals surface area contributed by atoms with Gasteiger partial charge in [0.05, 0.1) is 6.42 Å². The normalized spacial score (nSPS) is 18.2. The van der Waals surface area contributed by atoms with Crippen LogP contribution in [0.3, 0.4) is 0 Å². The van der Waals surface area contributed by atoms with Gasteiger partial charge in [-0.2, -0.15) is 0 Å². The molecule has 1 fully saturated rings. The van der Waals surface area contributed by atoms with Crippen molar-refractivity contribution in [3.8, 4) is 11.1 Å². The molecule has 0 aliphatic carbocycles. The van der Waals surface area contributed by atoms with Crippen molar-refractivity contribution in [2.45, 2.75) is 32.2 Å². The van der Waals surface area contributed by atoms with E-state index in [-0.39, 0.29) is 6.42 Å². The molecule has 0 aromatic heterocycles. The predicted octanol–water partition coefficient (Wildman–Crippen LogP) is 3.49. The van der Waals surface area contributed by atoms with Gasteiger partial charge in [-0.25, -0.2) is 4.79 Å². The van der Waals surface area contributed by atoms with Crippen LogP contribution in [-0.4, -0.2) is 28.9 Å².